The molecule has 0 spiro atoms. The summed E-state index contributed by atoms with van der Waals surface area (Å²) in [5.41, 5.74) is 4.37. The molecule has 0 aliphatic heterocycles. The third-order valence-corrected chi connectivity index (χ3v) is 3.65. The summed E-state index contributed by atoms with van der Waals surface area (Å²) in [5, 5.41) is 10.1. The fourth-order valence-corrected chi connectivity index (χ4v) is 2.29. The van der Waals surface area contributed by atoms with Crippen LogP contribution in [-0.2, 0) is 0 Å². The monoisotopic (exact) mass is 270 g/mol. The molecule has 0 aliphatic rings. The summed E-state index contributed by atoms with van der Waals surface area (Å²) in [4.78, 5) is 0. The highest BCUT2D eigenvalue weighted by Gasteiger charge is 2.13. The molecule has 0 saturated carbocycles. The van der Waals surface area contributed by atoms with E-state index >= 15 is 0 Å². The van der Waals surface area contributed by atoms with Gasteiger partial charge in [-0.2, -0.15) is 0 Å². The number of aliphatic hydroxyl groups excluding tert-OH is 1. The first-order valence-corrected chi connectivity index (χ1v) is 7.05. The molecule has 2 aromatic carbocycles. The van der Waals surface area contributed by atoms with Crippen molar-refractivity contribution in [2.24, 2.45) is 0 Å². The molecule has 2 nitrogen and oxygen atoms in total. The van der Waals surface area contributed by atoms with E-state index in [1.807, 2.05) is 37.3 Å². The van der Waals surface area contributed by atoms with Crippen LogP contribution in [0.3, 0.4) is 0 Å². The minimum Gasteiger partial charge on any atom is -0.457 e. The molecular weight excluding hydrogens is 248 g/mol. The number of aryl methyl sites for hydroxylation is 2. The summed E-state index contributed by atoms with van der Waals surface area (Å²) in [6, 6.07) is 11.9. The Bertz CT molecular complexity index is 602. The van der Waals surface area contributed by atoms with Gasteiger partial charge in [0.25, 0.3) is 0 Å². The van der Waals surface area contributed by atoms with Crippen molar-refractivity contribution in [2.75, 3.05) is 0 Å². The number of hydrogen-bond donors (Lipinski definition) is 1. The normalized spacial score (nSPS) is 12.2. The lowest BCUT2D eigenvalue weighted by molar-refractivity contribution is 0.170. The van der Waals surface area contributed by atoms with Gasteiger partial charge in [-0.3, -0.25) is 0 Å². The lowest BCUT2D eigenvalue weighted by Crippen LogP contribution is -2.00. The number of rotatable bonds is 4. The molecule has 2 aromatic rings. The fraction of sp³-hybridized carbons (Fsp3) is 0.333. The number of aliphatic hydroxyl groups is 1. The van der Waals surface area contributed by atoms with Crippen molar-refractivity contribution in [3.05, 3.63) is 58.7 Å². The zero-order chi connectivity index (χ0) is 14.7. The average molecular weight is 270 g/mol. The van der Waals surface area contributed by atoms with Crippen LogP contribution in [0.25, 0.3) is 0 Å². The molecule has 1 unspecified atom stereocenters. The van der Waals surface area contributed by atoms with E-state index in [2.05, 4.69) is 26.8 Å². The molecule has 0 radical (unpaired) electrons. The van der Waals surface area contributed by atoms with Crippen LogP contribution in [0.4, 0.5) is 0 Å². The summed E-state index contributed by atoms with van der Waals surface area (Å²) in [6.45, 7) is 8.17. The summed E-state index contributed by atoms with van der Waals surface area (Å²) in [7, 11) is 0. The molecule has 0 bridgehead atoms. The summed E-state index contributed by atoms with van der Waals surface area (Å²) >= 11 is 0. The minimum atomic E-state index is -0.489. The molecule has 106 valence electrons. The lowest BCUT2D eigenvalue weighted by Gasteiger charge is -2.17. The Morgan fingerprint density at radius 2 is 1.75 bits per heavy atom. The molecule has 1 N–H and O–H groups in total. The van der Waals surface area contributed by atoms with Crippen molar-refractivity contribution in [3.8, 4) is 11.5 Å². The number of para-hydroxylation sites is 1. The summed E-state index contributed by atoms with van der Waals surface area (Å²) in [6.07, 6.45) is 0.184. The van der Waals surface area contributed by atoms with Crippen LogP contribution in [0, 0.1) is 20.8 Å². The Labute approximate surface area is 121 Å². The molecule has 0 aliphatic carbocycles. The molecular formula is C18H22O2. The zero-order valence-corrected chi connectivity index (χ0v) is 12.6. The van der Waals surface area contributed by atoms with Crippen molar-refractivity contribution in [3.63, 3.8) is 0 Å². The van der Waals surface area contributed by atoms with Crippen molar-refractivity contribution < 1.29 is 9.84 Å². The van der Waals surface area contributed by atoms with Gasteiger partial charge < -0.3 is 9.84 Å². The first-order valence-electron chi connectivity index (χ1n) is 7.05. The van der Waals surface area contributed by atoms with E-state index in [1.54, 1.807) is 0 Å². The van der Waals surface area contributed by atoms with Crippen LogP contribution in [0.15, 0.2) is 36.4 Å². The standard InChI is InChI=1S/C18H22O2/c1-5-16(19)15-8-6-7-9-17(15)20-18-11-12(2)10-13(3)14(18)4/h6-11,16,19H,5H2,1-4H3. The first-order chi connectivity index (χ1) is 9.52. The molecule has 1 atom stereocenters. The SMILES string of the molecule is CCC(O)c1ccccc1Oc1cc(C)cc(C)c1C. The van der Waals surface area contributed by atoms with E-state index in [4.69, 9.17) is 4.74 Å². The molecule has 0 fully saturated rings. The van der Waals surface area contributed by atoms with Crippen LogP contribution < -0.4 is 4.74 Å². The zero-order valence-electron chi connectivity index (χ0n) is 12.6. The van der Waals surface area contributed by atoms with E-state index in [0.717, 1.165) is 22.6 Å². The van der Waals surface area contributed by atoms with Gasteiger partial charge in [0, 0.05) is 5.56 Å². The van der Waals surface area contributed by atoms with Crippen LogP contribution >= 0.6 is 0 Å². The lowest BCUT2D eigenvalue weighted by atomic mass is 10.0. The highest BCUT2D eigenvalue weighted by Crippen LogP contribution is 2.33. The Balaban J connectivity index is 2.40. The average Bonchev–Trinajstić information content (AvgIpc) is 2.44. The number of hydrogen-bond acceptors (Lipinski definition) is 2. The van der Waals surface area contributed by atoms with E-state index < -0.39 is 6.10 Å². The van der Waals surface area contributed by atoms with Crippen LogP contribution in [0.1, 0.15) is 41.7 Å². The molecule has 2 rings (SSSR count). The van der Waals surface area contributed by atoms with E-state index in [0.29, 0.717) is 6.42 Å². The van der Waals surface area contributed by atoms with Crippen molar-refractivity contribution >= 4 is 0 Å². The second-order valence-electron chi connectivity index (χ2n) is 5.27. The number of ether oxygens (including phenoxy) is 1. The van der Waals surface area contributed by atoms with Gasteiger partial charge in [0.2, 0.25) is 0 Å². The molecule has 0 saturated heterocycles. The predicted octanol–water partition coefficient (Wildman–Crippen LogP) is 4.85. The van der Waals surface area contributed by atoms with Gasteiger partial charge in [-0.05, 0) is 56.0 Å². The minimum absolute atomic E-state index is 0.489. The topological polar surface area (TPSA) is 29.5 Å². The third kappa shape index (κ3) is 3.02. The maximum Gasteiger partial charge on any atom is 0.133 e. The quantitative estimate of drug-likeness (QED) is 0.860. The predicted molar refractivity (Wildman–Crippen MR) is 82.4 cm³/mol. The smallest absolute Gasteiger partial charge is 0.133 e. The Kier molecular flexibility index (Phi) is 4.46. The van der Waals surface area contributed by atoms with E-state index in [-0.39, 0.29) is 0 Å². The van der Waals surface area contributed by atoms with Crippen LogP contribution in [0.5, 0.6) is 11.5 Å². The molecule has 0 aromatic heterocycles. The Morgan fingerprint density at radius 3 is 2.45 bits per heavy atom. The van der Waals surface area contributed by atoms with Gasteiger partial charge in [0.1, 0.15) is 11.5 Å². The van der Waals surface area contributed by atoms with Crippen molar-refractivity contribution in [1.29, 1.82) is 0 Å². The maximum atomic E-state index is 10.1. The Morgan fingerprint density at radius 1 is 1.05 bits per heavy atom. The molecule has 20 heavy (non-hydrogen) atoms. The van der Waals surface area contributed by atoms with E-state index in [9.17, 15) is 5.11 Å². The van der Waals surface area contributed by atoms with Crippen LogP contribution in [-0.4, -0.2) is 5.11 Å². The van der Waals surface area contributed by atoms with Crippen molar-refractivity contribution in [2.45, 2.75) is 40.2 Å². The fourth-order valence-electron chi connectivity index (χ4n) is 2.29. The Hall–Kier alpha value is -1.80. The second kappa shape index (κ2) is 6.10. The molecule has 0 amide bonds. The molecule has 0 heterocycles. The van der Waals surface area contributed by atoms with Gasteiger partial charge in [-0.1, -0.05) is 31.2 Å². The maximum absolute atomic E-state index is 10.1. The largest absolute Gasteiger partial charge is 0.457 e. The second-order valence-corrected chi connectivity index (χ2v) is 5.27. The van der Waals surface area contributed by atoms with Gasteiger partial charge in [-0.25, -0.2) is 0 Å². The van der Waals surface area contributed by atoms with Crippen LogP contribution in [0.2, 0.25) is 0 Å². The molecule has 2 heteroatoms. The number of benzene rings is 2. The first kappa shape index (κ1) is 14.6. The van der Waals surface area contributed by atoms with Gasteiger partial charge in [-0.15, -0.1) is 0 Å². The van der Waals surface area contributed by atoms with Gasteiger partial charge in [0.05, 0.1) is 6.10 Å². The highest BCUT2D eigenvalue weighted by atomic mass is 16.5. The van der Waals surface area contributed by atoms with Gasteiger partial charge >= 0.3 is 0 Å². The highest BCUT2D eigenvalue weighted by molar-refractivity contribution is 5.46. The third-order valence-electron chi connectivity index (χ3n) is 3.65. The van der Waals surface area contributed by atoms with E-state index in [1.165, 1.54) is 11.1 Å². The van der Waals surface area contributed by atoms with Crippen molar-refractivity contribution in [1.82, 2.24) is 0 Å². The summed E-state index contributed by atoms with van der Waals surface area (Å²) in [5.74, 6) is 1.59. The summed E-state index contributed by atoms with van der Waals surface area (Å²) < 4.78 is 6.06. The van der Waals surface area contributed by atoms with Gasteiger partial charge in [0.15, 0.2) is 0 Å².